The Morgan fingerprint density at radius 1 is 1.45 bits per heavy atom. The van der Waals surface area contributed by atoms with Gasteiger partial charge in [-0.25, -0.2) is 0 Å². The number of likely N-dealkylation sites (N-methyl/N-ethyl adjacent to an activating group) is 1. The fourth-order valence-electron chi connectivity index (χ4n) is 0.540. The zero-order valence-corrected chi connectivity index (χ0v) is 10.0. The van der Waals surface area contributed by atoms with Crippen LogP contribution in [0.3, 0.4) is 0 Å². The first-order chi connectivity index (χ1) is 4.31. The van der Waals surface area contributed by atoms with Crippen molar-refractivity contribution in [3.8, 4) is 0 Å². The van der Waals surface area contributed by atoms with E-state index in [0.717, 1.165) is 11.0 Å². The van der Waals surface area contributed by atoms with Crippen LogP contribution in [0.5, 0.6) is 0 Å². The van der Waals surface area contributed by atoms with Crippen LogP contribution in [0.15, 0.2) is 12.7 Å². The van der Waals surface area contributed by atoms with Gasteiger partial charge in [-0.05, 0) is 6.08 Å². The standard InChI is InChI=1S/C8H17ClN.BrH/c1-6-7-10(4,5)8(2,3)9;/h6H,1,7H2,2-5H3;1H/q+1;/p-1. The van der Waals surface area contributed by atoms with Crippen molar-refractivity contribution < 1.29 is 21.5 Å². The maximum Gasteiger partial charge on any atom is 0.169 e. The van der Waals surface area contributed by atoms with Gasteiger partial charge in [-0.15, -0.1) is 0 Å². The molecule has 0 aliphatic heterocycles. The molecule has 0 heterocycles. The number of hydrogen-bond acceptors (Lipinski definition) is 0. The number of hydrogen-bond donors (Lipinski definition) is 0. The molecule has 0 aromatic heterocycles. The fraction of sp³-hybridized carbons (Fsp3) is 0.750. The normalized spacial score (nSPS) is 12.1. The molecule has 0 aromatic rings. The maximum atomic E-state index is 6.13. The van der Waals surface area contributed by atoms with Crippen LogP contribution >= 0.6 is 11.6 Å². The molecule has 0 rings (SSSR count). The minimum Gasteiger partial charge on any atom is -1.00 e. The van der Waals surface area contributed by atoms with E-state index in [4.69, 9.17) is 11.6 Å². The van der Waals surface area contributed by atoms with E-state index >= 15 is 0 Å². The third-order valence-electron chi connectivity index (χ3n) is 2.02. The lowest BCUT2D eigenvalue weighted by atomic mass is 10.2. The predicted octanol–water partition coefficient (Wildman–Crippen LogP) is -0.772. The molecule has 0 amide bonds. The van der Waals surface area contributed by atoms with E-state index in [1.54, 1.807) is 0 Å². The summed E-state index contributed by atoms with van der Waals surface area (Å²) in [6.07, 6.45) is 1.89. The first-order valence-electron chi connectivity index (χ1n) is 3.44. The van der Waals surface area contributed by atoms with Crippen LogP contribution < -0.4 is 17.0 Å². The number of alkyl halides is 1. The average Bonchev–Trinajstić information content (AvgIpc) is 1.61. The Morgan fingerprint density at radius 3 is 1.91 bits per heavy atom. The smallest absolute Gasteiger partial charge is 0.169 e. The van der Waals surface area contributed by atoms with Gasteiger partial charge in [0.2, 0.25) is 0 Å². The first-order valence-corrected chi connectivity index (χ1v) is 3.82. The third kappa shape index (κ3) is 4.14. The summed E-state index contributed by atoms with van der Waals surface area (Å²) in [5.41, 5.74) is 0. The Kier molecular flexibility index (Phi) is 5.72. The summed E-state index contributed by atoms with van der Waals surface area (Å²) in [6.45, 7) is 8.61. The van der Waals surface area contributed by atoms with Crippen LogP contribution in [0.1, 0.15) is 13.8 Å². The molecule has 68 valence electrons. The van der Waals surface area contributed by atoms with Crippen molar-refractivity contribution in [1.82, 2.24) is 0 Å². The van der Waals surface area contributed by atoms with Crippen LogP contribution in [0.25, 0.3) is 0 Å². The molecule has 3 heteroatoms. The van der Waals surface area contributed by atoms with Gasteiger partial charge in [-0.3, -0.25) is 0 Å². The lowest BCUT2D eigenvalue weighted by Gasteiger charge is -2.39. The largest absolute Gasteiger partial charge is 1.00 e. The van der Waals surface area contributed by atoms with Crippen molar-refractivity contribution in [1.29, 1.82) is 0 Å². The van der Waals surface area contributed by atoms with E-state index in [-0.39, 0.29) is 22.0 Å². The Labute approximate surface area is 85.4 Å². The molecule has 0 saturated heterocycles. The second kappa shape index (κ2) is 4.48. The average molecular weight is 243 g/mol. The zero-order chi connectivity index (χ0) is 8.41. The molecule has 0 bridgehead atoms. The van der Waals surface area contributed by atoms with Crippen LogP contribution in [0.4, 0.5) is 0 Å². The van der Waals surface area contributed by atoms with Crippen molar-refractivity contribution in [2.75, 3.05) is 20.6 Å². The molecular weight excluding hydrogens is 225 g/mol. The molecule has 0 aliphatic rings. The Morgan fingerprint density at radius 2 is 1.82 bits per heavy atom. The van der Waals surface area contributed by atoms with E-state index in [2.05, 4.69) is 20.7 Å². The quantitative estimate of drug-likeness (QED) is 0.264. The van der Waals surface area contributed by atoms with Gasteiger partial charge in [0.15, 0.2) is 5.00 Å². The van der Waals surface area contributed by atoms with Crippen LogP contribution in [0.2, 0.25) is 0 Å². The van der Waals surface area contributed by atoms with Gasteiger partial charge >= 0.3 is 0 Å². The third-order valence-corrected chi connectivity index (χ3v) is 2.48. The van der Waals surface area contributed by atoms with Crippen molar-refractivity contribution in [2.45, 2.75) is 18.8 Å². The van der Waals surface area contributed by atoms with Gasteiger partial charge in [0.05, 0.1) is 20.6 Å². The SMILES string of the molecule is C=CC[N+](C)(C)C(C)(C)Cl.[Br-]. The topological polar surface area (TPSA) is 0 Å². The molecule has 0 unspecified atom stereocenters. The Hall–Kier alpha value is 0.470. The highest BCUT2D eigenvalue weighted by molar-refractivity contribution is 6.22. The second-order valence-electron chi connectivity index (χ2n) is 3.57. The summed E-state index contributed by atoms with van der Waals surface area (Å²) in [4.78, 5) is -0.214. The minimum atomic E-state index is -0.214. The highest BCUT2D eigenvalue weighted by atomic mass is 79.9. The van der Waals surface area contributed by atoms with Crippen LogP contribution in [-0.2, 0) is 0 Å². The molecule has 0 radical (unpaired) electrons. The Balaban J connectivity index is 0. The monoisotopic (exact) mass is 241 g/mol. The van der Waals surface area contributed by atoms with Crippen LogP contribution in [-0.4, -0.2) is 30.1 Å². The number of nitrogens with zero attached hydrogens (tertiary/aromatic N) is 1. The number of quaternary nitrogens is 1. The molecule has 0 saturated carbocycles. The van der Waals surface area contributed by atoms with Gasteiger partial charge in [0, 0.05) is 13.8 Å². The van der Waals surface area contributed by atoms with Crippen LogP contribution in [0, 0.1) is 0 Å². The molecule has 0 aromatic carbocycles. The highest BCUT2D eigenvalue weighted by Crippen LogP contribution is 2.23. The maximum absolute atomic E-state index is 6.13. The summed E-state index contributed by atoms with van der Waals surface area (Å²) >= 11 is 6.13. The zero-order valence-electron chi connectivity index (χ0n) is 7.69. The van der Waals surface area contributed by atoms with E-state index in [9.17, 15) is 0 Å². The fourth-order valence-corrected chi connectivity index (χ4v) is 0.609. The van der Waals surface area contributed by atoms with E-state index in [0.29, 0.717) is 0 Å². The van der Waals surface area contributed by atoms with Gasteiger partial charge in [0.25, 0.3) is 0 Å². The van der Waals surface area contributed by atoms with Crippen molar-refractivity contribution in [2.24, 2.45) is 0 Å². The lowest BCUT2D eigenvalue weighted by molar-refractivity contribution is -0.917. The molecular formula is C8H17BrClN. The Bertz CT molecular complexity index is 127. The molecule has 0 N–H and O–H groups in total. The highest BCUT2D eigenvalue weighted by Gasteiger charge is 2.32. The van der Waals surface area contributed by atoms with E-state index in [1.807, 2.05) is 19.9 Å². The van der Waals surface area contributed by atoms with E-state index in [1.165, 1.54) is 0 Å². The summed E-state index contributed by atoms with van der Waals surface area (Å²) < 4.78 is 0.762. The second-order valence-corrected chi connectivity index (χ2v) is 4.49. The first kappa shape index (κ1) is 14.0. The van der Waals surface area contributed by atoms with E-state index < -0.39 is 0 Å². The van der Waals surface area contributed by atoms with Crippen molar-refractivity contribution in [3.63, 3.8) is 0 Å². The van der Waals surface area contributed by atoms with Crippen molar-refractivity contribution >= 4 is 11.6 Å². The molecule has 0 spiro atoms. The predicted molar refractivity (Wildman–Crippen MR) is 47.1 cm³/mol. The molecule has 0 fully saturated rings. The molecule has 1 nitrogen and oxygen atoms in total. The lowest BCUT2D eigenvalue weighted by Crippen LogP contribution is -3.00. The summed E-state index contributed by atoms with van der Waals surface area (Å²) in [5, 5.41) is 0. The summed E-state index contributed by atoms with van der Waals surface area (Å²) in [5.74, 6) is 0. The number of halogens is 2. The van der Waals surface area contributed by atoms with Crippen molar-refractivity contribution in [3.05, 3.63) is 12.7 Å². The molecule has 0 aliphatic carbocycles. The van der Waals surface area contributed by atoms with Gasteiger partial charge in [0.1, 0.15) is 0 Å². The summed E-state index contributed by atoms with van der Waals surface area (Å²) in [6, 6.07) is 0. The minimum absolute atomic E-state index is 0. The van der Waals surface area contributed by atoms with Gasteiger partial charge in [-0.2, -0.15) is 0 Å². The molecule has 11 heavy (non-hydrogen) atoms. The molecule has 0 atom stereocenters. The van der Waals surface area contributed by atoms with Gasteiger partial charge in [-0.1, -0.05) is 18.2 Å². The summed E-state index contributed by atoms with van der Waals surface area (Å²) in [7, 11) is 4.18. The number of rotatable bonds is 3. The van der Waals surface area contributed by atoms with Gasteiger partial charge < -0.3 is 21.5 Å².